The molecule has 6 rings (SSSR count). The molecule has 0 fully saturated rings. The van der Waals surface area contributed by atoms with Crippen LogP contribution in [0.2, 0.25) is 0 Å². The van der Waals surface area contributed by atoms with E-state index in [9.17, 15) is 17.5 Å². The summed E-state index contributed by atoms with van der Waals surface area (Å²) in [5, 5.41) is 16.0. The van der Waals surface area contributed by atoms with Crippen molar-refractivity contribution in [2.45, 2.75) is 25.7 Å². The Labute approximate surface area is 390 Å². The largest absolute Gasteiger partial charge is 0.740 e. The maximum absolute atomic E-state index is 11.9. The number of hydrogen-bond donors (Lipinski definition) is 5. The summed E-state index contributed by atoms with van der Waals surface area (Å²) in [6.45, 7) is 2.56. The number of hydrogen-bond acceptors (Lipinski definition) is 17. The summed E-state index contributed by atoms with van der Waals surface area (Å²) in [4.78, 5) is 27.6. The van der Waals surface area contributed by atoms with Gasteiger partial charge in [-0.15, -0.1) is 0 Å². The van der Waals surface area contributed by atoms with Crippen molar-refractivity contribution in [3.63, 3.8) is 0 Å². The zero-order chi connectivity index (χ0) is 47.1. The van der Waals surface area contributed by atoms with Crippen LogP contribution in [0, 0.1) is 0 Å². The van der Waals surface area contributed by atoms with E-state index in [1.807, 2.05) is 60.7 Å². The predicted molar refractivity (Wildman–Crippen MR) is 258 cm³/mol. The second kappa shape index (κ2) is 23.0. The quantitative estimate of drug-likeness (QED) is 0.0176. The van der Waals surface area contributed by atoms with Crippen LogP contribution in [0.3, 0.4) is 0 Å². The zero-order valence-electron chi connectivity index (χ0n) is 37.7. The van der Waals surface area contributed by atoms with Gasteiger partial charge in [0.15, 0.2) is 0 Å². The van der Waals surface area contributed by atoms with Gasteiger partial charge in [-0.1, -0.05) is 48.6 Å². The number of anilines is 9. The second-order valence-electron chi connectivity index (χ2n) is 17.1. The van der Waals surface area contributed by atoms with Crippen LogP contribution < -0.4 is 35.0 Å². The van der Waals surface area contributed by atoms with Gasteiger partial charge in [-0.05, 0) is 61.4 Å². The lowest BCUT2D eigenvalue weighted by molar-refractivity contribution is -0.870. The van der Waals surface area contributed by atoms with Gasteiger partial charge in [0.05, 0.1) is 55.4 Å². The molecule has 2 heterocycles. The first kappa shape index (κ1) is 48.8. The van der Waals surface area contributed by atoms with E-state index in [1.54, 1.807) is 36.4 Å². The molecule has 2 unspecified atom stereocenters. The molecule has 0 saturated heterocycles. The molecule has 0 aliphatic heterocycles. The van der Waals surface area contributed by atoms with Crippen LogP contribution in [-0.2, 0) is 29.1 Å². The molecule has 0 spiro atoms. The molecule has 2 atom stereocenters. The molecule has 0 aliphatic carbocycles. The van der Waals surface area contributed by atoms with Gasteiger partial charge in [0.1, 0.15) is 40.0 Å². The summed E-state index contributed by atoms with van der Waals surface area (Å²) in [6, 6.07) is 28.6. The van der Waals surface area contributed by atoms with Gasteiger partial charge in [-0.2, -0.15) is 29.9 Å². The number of aryl methyl sites for hydroxylation is 1. The van der Waals surface area contributed by atoms with Crippen molar-refractivity contribution < 1.29 is 34.9 Å². The number of nitrogens with zero attached hydrogens (tertiary/aromatic N) is 8. The summed E-state index contributed by atoms with van der Waals surface area (Å²) in [5.41, 5.74) is 3.12. The Morgan fingerprint density at radius 1 is 0.515 bits per heavy atom. The van der Waals surface area contributed by atoms with E-state index in [4.69, 9.17) is 8.37 Å². The topological polar surface area (TPSA) is 236 Å². The third-order valence-corrected chi connectivity index (χ3v) is 10.1. The fraction of sp³-hybridized carbons (Fsp3) is 0.289. The Morgan fingerprint density at radius 3 is 1.36 bits per heavy atom. The van der Waals surface area contributed by atoms with Gasteiger partial charge in [0.25, 0.3) is 0 Å². The molecular weight excluding hydrogens is 883 g/mol. The number of aromatic nitrogens is 6. The van der Waals surface area contributed by atoms with Crippen LogP contribution in [-0.4, -0.2) is 118 Å². The maximum Gasteiger partial charge on any atom is 0.233 e. The highest BCUT2D eigenvalue weighted by Gasteiger charge is 2.14. The fourth-order valence-corrected chi connectivity index (χ4v) is 6.94. The van der Waals surface area contributed by atoms with Crippen molar-refractivity contribution >= 4 is 87.4 Å². The Morgan fingerprint density at radius 2 is 0.924 bits per heavy atom. The molecule has 0 bridgehead atoms. The molecule has 66 heavy (non-hydrogen) atoms. The molecule has 4 aromatic carbocycles. The van der Waals surface area contributed by atoms with Crippen molar-refractivity contribution in [1.29, 1.82) is 0 Å². The van der Waals surface area contributed by atoms with Crippen LogP contribution in [0.25, 0.3) is 12.2 Å². The molecule has 5 N–H and O–H groups in total. The van der Waals surface area contributed by atoms with Crippen LogP contribution >= 0.6 is 0 Å². The molecule has 21 heteroatoms. The summed E-state index contributed by atoms with van der Waals surface area (Å²) in [7, 11) is 12.8. The molecule has 348 valence electrons. The van der Waals surface area contributed by atoms with Crippen molar-refractivity contribution in [3.8, 4) is 11.5 Å². The third-order valence-electron chi connectivity index (χ3n) is 9.44. The molecule has 0 amide bonds. The molecule has 0 saturated carbocycles. The molecular formula is C45H55N13O6S2. The van der Waals surface area contributed by atoms with Crippen molar-refractivity contribution in [1.82, 2.24) is 29.9 Å². The highest BCUT2D eigenvalue weighted by atomic mass is 32.2. The van der Waals surface area contributed by atoms with Crippen LogP contribution in [0.15, 0.2) is 97.1 Å². The minimum Gasteiger partial charge on any atom is -0.740 e. The van der Waals surface area contributed by atoms with E-state index in [0.717, 1.165) is 52.7 Å². The van der Waals surface area contributed by atoms with Gasteiger partial charge in [-0.25, -0.2) is 8.42 Å². The highest BCUT2D eigenvalue weighted by Crippen LogP contribution is 2.31. The fourth-order valence-electron chi connectivity index (χ4n) is 6.36. The Kier molecular flexibility index (Phi) is 17.0. The van der Waals surface area contributed by atoms with Crippen molar-refractivity contribution in [2.24, 2.45) is 0 Å². The first-order valence-electron chi connectivity index (χ1n) is 21.1. The van der Waals surface area contributed by atoms with Crippen molar-refractivity contribution in [2.75, 3.05) is 88.5 Å². The highest BCUT2D eigenvalue weighted by molar-refractivity contribution is 7.74. The average Bonchev–Trinajstić information content (AvgIpc) is 3.24. The third kappa shape index (κ3) is 16.7. The summed E-state index contributed by atoms with van der Waals surface area (Å²) < 4.78 is 59.6. The van der Waals surface area contributed by atoms with Gasteiger partial charge in [-0.3, -0.25) is 0 Å². The zero-order valence-corrected chi connectivity index (χ0v) is 39.3. The molecule has 19 nitrogen and oxygen atoms in total. The number of rotatable bonds is 24. The van der Waals surface area contributed by atoms with Crippen LogP contribution in [0.5, 0.6) is 11.5 Å². The molecule has 2 aromatic heterocycles. The van der Waals surface area contributed by atoms with Crippen molar-refractivity contribution in [3.05, 3.63) is 114 Å². The lowest BCUT2D eigenvalue weighted by atomic mass is 10.1. The summed E-state index contributed by atoms with van der Waals surface area (Å²) >= 11 is -5.87. The standard InChI is InChI=1S/C45H55N13O6S2/c1-57(2,3)28-14-13-20-40-51-42(47-34-16-9-7-10-17-34)55-43(52-40)49-36-25-23-32(38(30-36)63-65(59)60)21-22-33-24-26-37(31-39(33)64-66(61)62)50-45-54-41(46-27-15-29-58(4,5)6)53-44(56-45)48-35-18-11-8-12-19-35/h7-12,16-19,21-26,30-31H,13-15,20,27-29H2,1-6H3,(H5-2,46,47,48,49,50,51,52,53,54,55,56,59,60,61,62)/b22-21+. The first-order chi connectivity index (χ1) is 31.5. The number of nitrogens with one attached hydrogen (secondary N) is 5. The van der Waals surface area contributed by atoms with Gasteiger partial charge in [0.2, 0.25) is 29.7 Å². The van der Waals surface area contributed by atoms with Crippen LogP contribution in [0.1, 0.15) is 36.2 Å². The van der Waals surface area contributed by atoms with E-state index in [-0.39, 0.29) is 29.3 Å². The average molecular weight is 938 g/mol. The SMILES string of the molecule is C[N+](C)(C)CCCCc1nc(Nc2ccccc2)nc(Nc2ccc(/C=C/c3ccc(Nc4nc(NCCC[N+](C)(C)C)nc(Nc5ccccc5)n4)cc3OS(=O)[O-])c(OS(=O)[O-])c2)n1. The normalized spacial score (nSPS) is 12.6. The number of para-hydroxylation sites is 2. The van der Waals surface area contributed by atoms with E-state index < -0.39 is 22.7 Å². The second-order valence-corrected chi connectivity index (χ2v) is 18.3. The first-order valence-corrected chi connectivity index (χ1v) is 23.1. The number of quaternary nitrogens is 2. The van der Waals surface area contributed by atoms with Gasteiger partial charge < -0.3 is 53.0 Å². The minimum atomic E-state index is -2.94. The summed E-state index contributed by atoms with van der Waals surface area (Å²) in [5.74, 6) is 1.93. The minimum absolute atomic E-state index is 0.0217. The maximum atomic E-state index is 11.9. The predicted octanol–water partition coefficient (Wildman–Crippen LogP) is 7.08. The lowest BCUT2D eigenvalue weighted by Gasteiger charge is -2.23. The van der Waals surface area contributed by atoms with E-state index >= 15 is 0 Å². The smallest absolute Gasteiger partial charge is 0.233 e. The monoisotopic (exact) mass is 937 g/mol. The Bertz CT molecular complexity index is 2440. The molecule has 6 aromatic rings. The lowest BCUT2D eigenvalue weighted by Crippen LogP contribution is -2.36. The number of unbranched alkanes of at least 4 members (excludes halogenated alkanes) is 1. The number of benzene rings is 4. The van der Waals surface area contributed by atoms with Gasteiger partial charge in [0, 0.05) is 65.4 Å². The van der Waals surface area contributed by atoms with E-state index in [2.05, 4.69) is 98.8 Å². The Balaban J connectivity index is 1.23. The van der Waals surface area contributed by atoms with Gasteiger partial charge >= 0.3 is 0 Å². The van der Waals surface area contributed by atoms with Crippen LogP contribution in [0.4, 0.5) is 52.5 Å². The summed E-state index contributed by atoms with van der Waals surface area (Å²) in [6.07, 6.45) is 6.48. The van der Waals surface area contributed by atoms with E-state index in [1.165, 1.54) is 12.1 Å². The molecule has 0 radical (unpaired) electrons. The Hall–Kier alpha value is -6.62. The van der Waals surface area contributed by atoms with E-state index in [0.29, 0.717) is 53.2 Å². The molecule has 0 aliphatic rings.